The Morgan fingerprint density at radius 1 is 1.32 bits per heavy atom. The van der Waals surface area contributed by atoms with E-state index in [9.17, 15) is 14.7 Å². The van der Waals surface area contributed by atoms with Crippen molar-refractivity contribution in [3.8, 4) is 0 Å². The van der Waals surface area contributed by atoms with E-state index in [1.807, 2.05) is 6.92 Å². The largest absolute Gasteiger partial charge is 0.477 e. The van der Waals surface area contributed by atoms with Crippen LogP contribution in [-0.2, 0) is 0 Å². The van der Waals surface area contributed by atoms with Crippen molar-refractivity contribution in [3.63, 3.8) is 0 Å². The number of rotatable bonds is 3. The second-order valence-corrected chi connectivity index (χ2v) is 5.92. The number of likely N-dealkylation sites (tertiary alicyclic amines) is 1. The molecule has 0 atom stereocenters. The number of thiophene rings is 1. The Balaban J connectivity index is 2.03. The number of hydrogen-bond donors (Lipinski definition) is 2. The van der Waals surface area contributed by atoms with Crippen molar-refractivity contribution < 1.29 is 19.8 Å². The molecule has 1 aliphatic rings. The fraction of sp³-hybridized carbons (Fsp3) is 0.538. The molecule has 0 unspecified atom stereocenters. The maximum Gasteiger partial charge on any atom is 0.345 e. The Labute approximate surface area is 115 Å². The number of aromatic carboxylic acids is 1. The second kappa shape index (κ2) is 5.30. The summed E-state index contributed by atoms with van der Waals surface area (Å²) in [5.74, 6) is -1.15. The minimum absolute atomic E-state index is 0.143. The molecule has 6 heteroatoms. The predicted molar refractivity (Wildman–Crippen MR) is 71.7 cm³/mol. The van der Waals surface area contributed by atoms with E-state index in [-0.39, 0.29) is 10.8 Å². The van der Waals surface area contributed by atoms with Gasteiger partial charge in [-0.05, 0) is 31.4 Å². The summed E-state index contributed by atoms with van der Waals surface area (Å²) >= 11 is 0.995. The molecular weight excluding hydrogens is 266 g/mol. The van der Waals surface area contributed by atoms with Crippen LogP contribution in [-0.4, -0.2) is 45.7 Å². The van der Waals surface area contributed by atoms with Crippen molar-refractivity contribution in [2.45, 2.75) is 31.8 Å². The van der Waals surface area contributed by atoms with Crippen molar-refractivity contribution in [2.75, 3.05) is 13.1 Å². The topological polar surface area (TPSA) is 77.8 Å². The Morgan fingerprint density at radius 2 is 1.89 bits per heavy atom. The maximum absolute atomic E-state index is 12.2. The van der Waals surface area contributed by atoms with Gasteiger partial charge in [-0.1, -0.05) is 6.92 Å². The summed E-state index contributed by atoms with van der Waals surface area (Å²) in [5, 5.41) is 19.0. The molecule has 0 spiro atoms. The first-order valence-corrected chi connectivity index (χ1v) is 7.11. The highest BCUT2D eigenvalue weighted by atomic mass is 32.1. The minimum Gasteiger partial charge on any atom is -0.477 e. The monoisotopic (exact) mass is 283 g/mol. The molecule has 0 saturated carbocycles. The Bertz CT molecular complexity index is 489. The first kappa shape index (κ1) is 14.0. The summed E-state index contributed by atoms with van der Waals surface area (Å²) in [4.78, 5) is 25.3. The van der Waals surface area contributed by atoms with Crippen LogP contribution in [0.2, 0.25) is 0 Å². The van der Waals surface area contributed by atoms with Crippen LogP contribution in [0.25, 0.3) is 0 Å². The molecule has 2 N–H and O–H groups in total. The number of aliphatic hydroxyl groups is 1. The summed E-state index contributed by atoms with van der Waals surface area (Å²) < 4.78 is 0. The molecule has 0 bridgehead atoms. The average Bonchev–Trinajstić information content (AvgIpc) is 2.88. The number of amides is 1. The van der Waals surface area contributed by atoms with Gasteiger partial charge in [0.05, 0.1) is 10.5 Å². The molecule has 2 rings (SSSR count). The second-order valence-electron chi connectivity index (χ2n) is 4.84. The third kappa shape index (κ3) is 2.96. The van der Waals surface area contributed by atoms with Gasteiger partial charge in [-0.25, -0.2) is 4.79 Å². The van der Waals surface area contributed by atoms with E-state index in [4.69, 9.17) is 5.11 Å². The van der Waals surface area contributed by atoms with Gasteiger partial charge in [0.2, 0.25) is 0 Å². The number of carboxylic acid groups (broad SMARTS) is 1. The summed E-state index contributed by atoms with van der Waals surface area (Å²) in [6.07, 6.45) is 1.84. The van der Waals surface area contributed by atoms with Crippen LogP contribution >= 0.6 is 11.3 Å². The van der Waals surface area contributed by atoms with E-state index in [0.717, 1.165) is 11.3 Å². The lowest BCUT2D eigenvalue weighted by Gasteiger charge is -2.37. The SMILES string of the molecule is CCC1(O)CCN(C(=O)c2ccc(C(=O)O)s2)CC1. The van der Waals surface area contributed by atoms with Crippen LogP contribution < -0.4 is 0 Å². The number of carbonyl (C=O) groups excluding carboxylic acids is 1. The highest BCUT2D eigenvalue weighted by Gasteiger charge is 2.32. The molecular formula is C13H17NO4S. The maximum atomic E-state index is 12.2. The fourth-order valence-electron chi connectivity index (χ4n) is 2.20. The van der Waals surface area contributed by atoms with Crippen LogP contribution in [0.5, 0.6) is 0 Å². The first-order chi connectivity index (χ1) is 8.95. The van der Waals surface area contributed by atoms with Crippen molar-refractivity contribution in [1.29, 1.82) is 0 Å². The third-order valence-electron chi connectivity index (χ3n) is 3.67. The van der Waals surface area contributed by atoms with E-state index < -0.39 is 11.6 Å². The van der Waals surface area contributed by atoms with Gasteiger partial charge in [-0.3, -0.25) is 4.79 Å². The first-order valence-electron chi connectivity index (χ1n) is 6.30. The zero-order valence-corrected chi connectivity index (χ0v) is 11.6. The standard InChI is InChI=1S/C13H17NO4S/c1-2-13(18)5-7-14(8-6-13)11(15)9-3-4-10(19-9)12(16)17/h3-4,18H,2,5-8H2,1H3,(H,16,17). The molecule has 19 heavy (non-hydrogen) atoms. The number of nitrogens with zero attached hydrogens (tertiary/aromatic N) is 1. The molecule has 1 saturated heterocycles. The number of carbonyl (C=O) groups is 2. The number of hydrogen-bond acceptors (Lipinski definition) is 4. The lowest BCUT2D eigenvalue weighted by Crippen LogP contribution is -2.46. The van der Waals surface area contributed by atoms with Gasteiger partial charge in [0, 0.05) is 13.1 Å². The fourth-order valence-corrected chi connectivity index (χ4v) is 3.02. The highest BCUT2D eigenvalue weighted by Crippen LogP contribution is 2.27. The minimum atomic E-state index is -1.01. The van der Waals surface area contributed by atoms with Gasteiger partial charge in [0.15, 0.2) is 0 Å². The summed E-state index contributed by atoms with van der Waals surface area (Å²) in [5.41, 5.74) is -0.654. The molecule has 1 aromatic heterocycles. The molecule has 104 valence electrons. The molecule has 0 aromatic carbocycles. The molecule has 1 fully saturated rings. The molecule has 1 aromatic rings. The van der Waals surface area contributed by atoms with Gasteiger partial charge in [0.1, 0.15) is 4.88 Å². The number of piperidine rings is 1. The molecule has 1 aliphatic heterocycles. The smallest absolute Gasteiger partial charge is 0.345 e. The Morgan fingerprint density at radius 3 is 2.37 bits per heavy atom. The summed E-state index contributed by atoms with van der Waals surface area (Å²) in [6, 6.07) is 3.00. The predicted octanol–water partition coefficient (Wildman–Crippen LogP) is 1.82. The van der Waals surface area contributed by atoms with Gasteiger partial charge < -0.3 is 15.1 Å². The lowest BCUT2D eigenvalue weighted by molar-refractivity contribution is -0.0192. The van der Waals surface area contributed by atoms with Crippen molar-refractivity contribution in [1.82, 2.24) is 4.90 Å². The van der Waals surface area contributed by atoms with Crippen molar-refractivity contribution >= 4 is 23.2 Å². The summed E-state index contributed by atoms with van der Waals surface area (Å²) in [7, 11) is 0. The van der Waals surface area contributed by atoms with E-state index in [2.05, 4.69) is 0 Å². The molecule has 5 nitrogen and oxygen atoms in total. The van der Waals surface area contributed by atoms with Crippen LogP contribution in [0, 0.1) is 0 Å². The van der Waals surface area contributed by atoms with Crippen molar-refractivity contribution in [2.24, 2.45) is 0 Å². The Kier molecular flexibility index (Phi) is 3.91. The van der Waals surface area contributed by atoms with Gasteiger partial charge in [-0.2, -0.15) is 0 Å². The van der Waals surface area contributed by atoms with E-state index in [1.165, 1.54) is 6.07 Å². The average molecular weight is 283 g/mol. The van der Waals surface area contributed by atoms with Gasteiger partial charge in [0.25, 0.3) is 5.91 Å². The molecule has 1 amide bonds. The van der Waals surface area contributed by atoms with E-state index >= 15 is 0 Å². The molecule has 2 heterocycles. The van der Waals surface area contributed by atoms with Gasteiger partial charge in [-0.15, -0.1) is 11.3 Å². The Hall–Kier alpha value is -1.40. The molecule has 0 aliphatic carbocycles. The van der Waals surface area contributed by atoms with E-state index in [1.54, 1.807) is 11.0 Å². The van der Waals surface area contributed by atoms with Crippen LogP contribution in [0.15, 0.2) is 12.1 Å². The van der Waals surface area contributed by atoms with E-state index in [0.29, 0.717) is 37.2 Å². The zero-order chi connectivity index (χ0) is 14.0. The quantitative estimate of drug-likeness (QED) is 0.887. The van der Waals surface area contributed by atoms with Crippen LogP contribution in [0.4, 0.5) is 0 Å². The highest BCUT2D eigenvalue weighted by molar-refractivity contribution is 7.15. The number of carboxylic acids is 1. The lowest BCUT2D eigenvalue weighted by atomic mass is 9.89. The van der Waals surface area contributed by atoms with Crippen LogP contribution in [0.1, 0.15) is 45.5 Å². The normalized spacial score (nSPS) is 18.3. The zero-order valence-electron chi connectivity index (χ0n) is 10.8. The van der Waals surface area contributed by atoms with Gasteiger partial charge >= 0.3 is 5.97 Å². The molecule has 0 radical (unpaired) electrons. The van der Waals surface area contributed by atoms with Crippen molar-refractivity contribution in [3.05, 3.63) is 21.9 Å². The third-order valence-corrected chi connectivity index (χ3v) is 4.73. The summed E-state index contributed by atoms with van der Waals surface area (Å²) in [6.45, 7) is 2.98. The van der Waals surface area contributed by atoms with Crippen LogP contribution in [0.3, 0.4) is 0 Å².